The number of aromatic nitrogens is 1. The molecular formula is C33H36ClN3O2S. The summed E-state index contributed by atoms with van der Waals surface area (Å²) in [7, 11) is 0. The van der Waals surface area contributed by atoms with Gasteiger partial charge in [-0.15, -0.1) is 11.3 Å². The van der Waals surface area contributed by atoms with Gasteiger partial charge < -0.3 is 10.2 Å². The molecule has 5 nitrogen and oxygen atoms in total. The topological polar surface area (TPSA) is 62.3 Å². The number of nitrogens with zero attached hydrogens (tertiary/aromatic N) is 2. The highest BCUT2D eigenvalue weighted by Gasteiger charge is 2.32. The Labute approximate surface area is 245 Å². The van der Waals surface area contributed by atoms with Crippen molar-refractivity contribution in [3.8, 4) is 11.1 Å². The molecule has 0 spiro atoms. The predicted octanol–water partition coefficient (Wildman–Crippen LogP) is 8.27. The molecule has 0 aliphatic heterocycles. The fourth-order valence-corrected chi connectivity index (χ4v) is 7.07. The number of carbonyl (C=O) groups is 2. The van der Waals surface area contributed by atoms with Gasteiger partial charge in [-0.1, -0.05) is 67.8 Å². The van der Waals surface area contributed by atoms with Crippen molar-refractivity contribution in [3.05, 3.63) is 88.5 Å². The van der Waals surface area contributed by atoms with Crippen LogP contribution in [-0.4, -0.2) is 33.8 Å². The molecule has 7 heteroatoms. The molecule has 0 atom stereocenters. The summed E-state index contributed by atoms with van der Waals surface area (Å²) in [4.78, 5) is 33.3. The molecule has 40 heavy (non-hydrogen) atoms. The van der Waals surface area contributed by atoms with E-state index in [9.17, 15) is 9.59 Å². The third kappa shape index (κ3) is 6.73. The molecule has 5 rings (SSSR count). The predicted molar refractivity (Wildman–Crippen MR) is 165 cm³/mol. The number of nitrogens with one attached hydrogen (secondary N) is 1. The Bertz CT molecular complexity index is 1450. The van der Waals surface area contributed by atoms with E-state index in [0.29, 0.717) is 22.9 Å². The summed E-state index contributed by atoms with van der Waals surface area (Å²) in [5.41, 5.74) is 3.27. The van der Waals surface area contributed by atoms with Gasteiger partial charge in [0.1, 0.15) is 4.88 Å². The summed E-state index contributed by atoms with van der Waals surface area (Å²) < 4.78 is 1.02. The fraction of sp³-hybridized carbons (Fsp3) is 0.364. The van der Waals surface area contributed by atoms with Crippen molar-refractivity contribution in [3.63, 3.8) is 0 Å². The highest BCUT2D eigenvalue weighted by Crippen LogP contribution is 2.37. The molecule has 2 aromatic carbocycles. The maximum Gasteiger partial charge on any atom is 0.266 e. The third-order valence-electron chi connectivity index (χ3n) is 7.79. The van der Waals surface area contributed by atoms with Crippen LogP contribution in [0.2, 0.25) is 5.02 Å². The Morgan fingerprint density at radius 1 is 0.975 bits per heavy atom. The summed E-state index contributed by atoms with van der Waals surface area (Å²) in [6.45, 7) is 2.65. The number of unbranched alkanes of at least 4 members (excludes halogenated alkanes) is 2. The van der Waals surface area contributed by atoms with Crippen molar-refractivity contribution in [1.82, 2.24) is 15.2 Å². The summed E-state index contributed by atoms with van der Waals surface area (Å²) in [6, 6.07) is 20.5. The summed E-state index contributed by atoms with van der Waals surface area (Å²) in [6.07, 6.45) is 10.7. The Hall–Kier alpha value is -3.22. The average molecular weight is 574 g/mol. The van der Waals surface area contributed by atoms with Crippen LogP contribution in [0.15, 0.2) is 73.1 Å². The minimum absolute atomic E-state index is 0.0208. The average Bonchev–Trinajstić information content (AvgIpc) is 3.33. The SMILES string of the molecule is CCCCCC(=O)NC1CCC(N(Cc2cccc(-c3ccncc3)c2)C(=O)c2sc3ccccc3c2Cl)CC1. The van der Waals surface area contributed by atoms with Crippen LogP contribution >= 0.6 is 22.9 Å². The maximum atomic E-state index is 14.2. The smallest absolute Gasteiger partial charge is 0.266 e. The van der Waals surface area contributed by atoms with Gasteiger partial charge in [-0.25, -0.2) is 0 Å². The van der Waals surface area contributed by atoms with Crippen LogP contribution in [0.5, 0.6) is 0 Å². The minimum Gasteiger partial charge on any atom is -0.353 e. The quantitative estimate of drug-likeness (QED) is 0.194. The van der Waals surface area contributed by atoms with Gasteiger partial charge in [0, 0.05) is 47.5 Å². The second kappa shape index (κ2) is 13.4. The first-order valence-corrected chi connectivity index (χ1v) is 15.5. The number of pyridine rings is 1. The number of benzene rings is 2. The molecule has 0 saturated heterocycles. The molecule has 0 unspecified atom stereocenters. The number of halogens is 1. The number of thiophene rings is 1. The van der Waals surface area contributed by atoms with Crippen LogP contribution in [0.4, 0.5) is 0 Å². The van der Waals surface area contributed by atoms with Crippen LogP contribution in [0.3, 0.4) is 0 Å². The molecule has 2 aromatic heterocycles. The third-order valence-corrected chi connectivity index (χ3v) is 9.46. The lowest BCUT2D eigenvalue weighted by Gasteiger charge is -2.37. The van der Waals surface area contributed by atoms with Crippen LogP contribution in [0, 0.1) is 0 Å². The lowest BCUT2D eigenvalue weighted by atomic mass is 9.89. The highest BCUT2D eigenvalue weighted by atomic mass is 35.5. The van der Waals surface area contributed by atoms with Gasteiger partial charge in [0.2, 0.25) is 5.91 Å². The lowest BCUT2D eigenvalue weighted by Crippen LogP contribution is -2.45. The molecule has 1 aliphatic carbocycles. The number of hydrogen-bond acceptors (Lipinski definition) is 4. The normalized spacial score (nSPS) is 17.1. The van der Waals surface area contributed by atoms with Gasteiger partial charge in [-0.05, 0) is 73.1 Å². The molecule has 1 N–H and O–H groups in total. The van der Waals surface area contributed by atoms with Crippen LogP contribution in [0.25, 0.3) is 21.2 Å². The second-order valence-corrected chi connectivity index (χ2v) is 12.1. The molecule has 2 heterocycles. The van der Waals surface area contributed by atoms with Crippen LogP contribution in [0.1, 0.15) is 73.5 Å². The minimum atomic E-state index is -0.0208. The van der Waals surface area contributed by atoms with Crippen molar-refractivity contribution < 1.29 is 9.59 Å². The van der Waals surface area contributed by atoms with Crippen LogP contribution in [-0.2, 0) is 11.3 Å². The van der Waals surface area contributed by atoms with Gasteiger partial charge >= 0.3 is 0 Å². The highest BCUT2D eigenvalue weighted by molar-refractivity contribution is 7.21. The Morgan fingerprint density at radius 3 is 2.50 bits per heavy atom. The van der Waals surface area contributed by atoms with Gasteiger partial charge in [0.15, 0.2) is 0 Å². The molecule has 4 aromatic rings. The Morgan fingerprint density at radius 2 is 1.75 bits per heavy atom. The van der Waals surface area contributed by atoms with E-state index in [1.54, 1.807) is 12.4 Å². The molecule has 0 bridgehead atoms. The maximum absolute atomic E-state index is 14.2. The molecular weight excluding hydrogens is 538 g/mol. The molecule has 208 valence electrons. The van der Waals surface area contributed by atoms with E-state index in [0.717, 1.165) is 71.7 Å². The van der Waals surface area contributed by atoms with E-state index in [2.05, 4.69) is 35.4 Å². The lowest BCUT2D eigenvalue weighted by molar-refractivity contribution is -0.122. The van der Waals surface area contributed by atoms with Gasteiger partial charge in [0.05, 0.1) is 5.02 Å². The molecule has 2 amide bonds. The molecule has 0 radical (unpaired) electrons. The Kier molecular flexibility index (Phi) is 9.50. The van der Waals surface area contributed by atoms with Gasteiger partial charge in [-0.3, -0.25) is 14.6 Å². The van der Waals surface area contributed by atoms with E-state index in [-0.39, 0.29) is 23.9 Å². The van der Waals surface area contributed by atoms with E-state index >= 15 is 0 Å². The number of amides is 2. The first-order chi connectivity index (χ1) is 19.5. The first-order valence-electron chi connectivity index (χ1n) is 14.3. The molecule has 1 saturated carbocycles. The number of carbonyl (C=O) groups excluding carboxylic acids is 2. The van der Waals surface area contributed by atoms with Crippen molar-refractivity contribution >= 4 is 44.8 Å². The van der Waals surface area contributed by atoms with Crippen molar-refractivity contribution in [2.45, 2.75) is 76.9 Å². The monoisotopic (exact) mass is 573 g/mol. The first kappa shape index (κ1) is 28.3. The van der Waals surface area contributed by atoms with Crippen molar-refractivity contribution in [2.24, 2.45) is 0 Å². The number of fused-ring (bicyclic) bond motifs is 1. The summed E-state index contributed by atoms with van der Waals surface area (Å²) in [5, 5.41) is 4.69. The van der Waals surface area contributed by atoms with Crippen molar-refractivity contribution in [2.75, 3.05) is 0 Å². The molecule has 1 aliphatic rings. The summed E-state index contributed by atoms with van der Waals surface area (Å²) >= 11 is 8.25. The standard InChI is InChI=1S/C33H36ClN3O2S/c1-2-3-4-12-30(38)36-26-13-15-27(16-14-26)37(33(39)32-31(34)28-10-5-6-11-29(28)40-32)22-23-8-7-9-25(21-23)24-17-19-35-20-18-24/h5-11,17-21,26-27H,2-4,12-16,22H2,1H3,(H,36,38). The Balaban J connectivity index is 1.36. The van der Waals surface area contributed by atoms with E-state index in [1.807, 2.05) is 47.4 Å². The zero-order valence-corrected chi connectivity index (χ0v) is 24.5. The molecule has 1 fully saturated rings. The fourth-order valence-electron chi connectivity index (χ4n) is 5.61. The zero-order chi connectivity index (χ0) is 27.9. The zero-order valence-electron chi connectivity index (χ0n) is 22.9. The second-order valence-electron chi connectivity index (χ2n) is 10.6. The number of rotatable bonds is 10. The van der Waals surface area contributed by atoms with Gasteiger partial charge in [-0.2, -0.15) is 0 Å². The van der Waals surface area contributed by atoms with E-state index in [1.165, 1.54) is 11.3 Å². The number of hydrogen-bond donors (Lipinski definition) is 1. The van der Waals surface area contributed by atoms with E-state index < -0.39 is 0 Å². The van der Waals surface area contributed by atoms with Crippen molar-refractivity contribution in [1.29, 1.82) is 0 Å². The summed E-state index contributed by atoms with van der Waals surface area (Å²) in [5.74, 6) is 0.127. The largest absolute Gasteiger partial charge is 0.353 e. The van der Waals surface area contributed by atoms with Crippen LogP contribution < -0.4 is 5.32 Å². The van der Waals surface area contributed by atoms with E-state index in [4.69, 9.17) is 11.6 Å². The van der Waals surface area contributed by atoms with Gasteiger partial charge in [0.25, 0.3) is 5.91 Å².